The normalized spacial score (nSPS) is 19.1. The van der Waals surface area contributed by atoms with Crippen LogP contribution < -0.4 is 15.4 Å². The molecule has 2 aliphatic rings. The molecule has 2 atom stereocenters. The van der Waals surface area contributed by atoms with E-state index in [0.717, 1.165) is 42.4 Å². The van der Waals surface area contributed by atoms with Crippen molar-refractivity contribution in [1.82, 2.24) is 25.1 Å². The van der Waals surface area contributed by atoms with Gasteiger partial charge in [0.05, 0.1) is 27.0 Å². The third kappa shape index (κ3) is 6.27. The number of fused-ring (bicyclic) bond motifs is 3. The highest BCUT2D eigenvalue weighted by Crippen LogP contribution is 2.46. The lowest BCUT2D eigenvalue weighted by Gasteiger charge is -2.30. The predicted octanol–water partition coefficient (Wildman–Crippen LogP) is 7.95. The number of hydrogen-bond donors (Lipinski definition) is 3. The van der Waals surface area contributed by atoms with Gasteiger partial charge < -0.3 is 14.8 Å². The van der Waals surface area contributed by atoms with Crippen molar-refractivity contribution in [1.29, 1.82) is 5.26 Å². The minimum absolute atomic E-state index is 0.0120. The molecule has 0 radical (unpaired) electrons. The van der Waals surface area contributed by atoms with E-state index in [4.69, 9.17) is 21.1 Å². The average molecular weight is 725 g/mol. The molecule has 5 aromatic rings. The molecule has 0 aliphatic carbocycles. The summed E-state index contributed by atoms with van der Waals surface area (Å²) in [7, 11) is 0. The van der Waals surface area contributed by atoms with Crippen LogP contribution in [0, 0.1) is 23.0 Å². The van der Waals surface area contributed by atoms with Crippen LogP contribution in [0.5, 0.6) is 6.01 Å². The molecule has 3 N–H and O–H groups in total. The number of anilines is 2. The Morgan fingerprint density at radius 3 is 2.86 bits per heavy atom. The first kappa shape index (κ1) is 33.8. The Bertz CT molecular complexity index is 2170. The maximum atomic E-state index is 17.0. The van der Waals surface area contributed by atoms with Crippen LogP contribution in [0.2, 0.25) is 5.02 Å². The molecule has 0 saturated carbocycles. The van der Waals surface area contributed by atoms with E-state index in [1.165, 1.54) is 12.1 Å². The van der Waals surface area contributed by atoms with Gasteiger partial charge in [-0.1, -0.05) is 17.7 Å². The molecular formula is C34H32ClF3N8O3S. The number of ether oxygens (including phenoxy) is 2. The van der Waals surface area contributed by atoms with Crippen molar-refractivity contribution < 1.29 is 27.4 Å². The Balaban J connectivity index is 1.34. The van der Waals surface area contributed by atoms with Gasteiger partial charge in [-0.25, -0.2) is 18.0 Å². The van der Waals surface area contributed by atoms with Crippen LogP contribution in [-0.2, 0) is 11.3 Å². The second kappa shape index (κ2) is 12.9. The minimum atomic E-state index is -0.964. The van der Waals surface area contributed by atoms with E-state index in [9.17, 15) is 14.4 Å². The lowest BCUT2D eigenvalue weighted by atomic mass is 9.95. The summed E-state index contributed by atoms with van der Waals surface area (Å²) in [5.74, 6) is -1.30. The molecular weight excluding hydrogens is 693 g/mol. The smallest absolute Gasteiger partial charge is 0.412 e. The van der Waals surface area contributed by atoms with Gasteiger partial charge in [0.1, 0.15) is 46.6 Å². The number of aromatic nitrogens is 4. The van der Waals surface area contributed by atoms with Gasteiger partial charge in [0, 0.05) is 47.6 Å². The predicted molar refractivity (Wildman–Crippen MR) is 184 cm³/mol. The summed E-state index contributed by atoms with van der Waals surface area (Å²) in [6, 6.07) is 5.87. The van der Waals surface area contributed by atoms with Crippen molar-refractivity contribution in [3.05, 3.63) is 58.4 Å². The first-order chi connectivity index (χ1) is 23.9. The van der Waals surface area contributed by atoms with Gasteiger partial charge in [0.15, 0.2) is 5.82 Å². The highest BCUT2D eigenvalue weighted by Gasteiger charge is 2.49. The number of thiophene rings is 1. The van der Waals surface area contributed by atoms with E-state index in [1.54, 1.807) is 33.2 Å². The van der Waals surface area contributed by atoms with Gasteiger partial charge in [0.2, 0.25) is 0 Å². The third-order valence-corrected chi connectivity index (χ3v) is 10.3. The van der Waals surface area contributed by atoms with E-state index in [-0.39, 0.29) is 72.7 Å². The molecule has 2 fully saturated rings. The fraction of sp³-hybridized carbons (Fsp3) is 0.382. The number of carbonyl (C=O) groups is 1. The zero-order valence-corrected chi connectivity index (χ0v) is 28.9. The van der Waals surface area contributed by atoms with Crippen molar-refractivity contribution in [3.8, 4) is 23.2 Å². The van der Waals surface area contributed by atoms with Gasteiger partial charge >= 0.3 is 12.1 Å². The summed E-state index contributed by atoms with van der Waals surface area (Å²) in [5.41, 5.74) is -0.770. The second-order valence-corrected chi connectivity index (χ2v) is 14.9. The highest BCUT2D eigenvalue weighted by atomic mass is 35.5. The Labute approximate surface area is 293 Å². The van der Waals surface area contributed by atoms with Crippen LogP contribution in [0.3, 0.4) is 0 Å². The van der Waals surface area contributed by atoms with Crippen LogP contribution in [0.15, 0.2) is 30.6 Å². The fourth-order valence-electron chi connectivity index (χ4n) is 6.80. The number of halogens is 4. The topological polar surface area (TPSA) is 141 Å². The van der Waals surface area contributed by atoms with Crippen molar-refractivity contribution in [2.24, 2.45) is 0 Å². The average Bonchev–Trinajstić information content (AvgIpc) is 3.83. The molecule has 2 aliphatic heterocycles. The van der Waals surface area contributed by atoms with E-state index < -0.39 is 35.0 Å². The zero-order valence-electron chi connectivity index (χ0n) is 27.3. The lowest BCUT2D eigenvalue weighted by Crippen LogP contribution is -2.43. The molecule has 260 valence electrons. The lowest BCUT2D eigenvalue weighted by molar-refractivity contribution is 0.0636. The summed E-state index contributed by atoms with van der Waals surface area (Å²) < 4.78 is 58.2. The van der Waals surface area contributed by atoms with E-state index in [0.29, 0.717) is 13.0 Å². The quantitative estimate of drug-likeness (QED) is 0.145. The van der Waals surface area contributed by atoms with Gasteiger partial charge in [-0.2, -0.15) is 20.3 Å². The van der Waals surface area contributed by atoms with Gasteiger partial charge in [-0.15, -0.1) is 11.3 Å². The molecule has 2 aromatic carbocycles. The van der Waals surface area contributed by atoms with Crippen molar-refractivity contribution in [2.45, 2.75) is 63.9 Å². The molecule has 3 aromatic heterocycles. The fourth-order valence-corrected chi connectivity index (χ4v) is 8.16. The number of benzene rings is 2. The Morgan fingerprint density at radius 2 is 2.12 bits per heavy atom. The van der Waals surface area contributed by atoms with Crippen LogP contribution in [-0.4, -0.2) is 68.2 Å². The van der Waals surface area contributed by atoms with Crippen molar-refractivity contribution in [3.63, 3.8) is 0 Å². The van der Waals surface area contributed by atoms with Gasteiger partial charge in [0.25, 0.3) is 0 Å². The standard InChI is InChI=1S/C34H32ClF3N8O3S/c1-33(2,3)49-32(47)45-30-21(11-39)24-19(5-6-23(37)28(24)50-30)25-22(35)9-20-27(26(25)38)43-31(44-29(20)40-12-17-13-41-42-14-17)48-16-34-7-4-8-46(34)15-18(36)10-34/h5-6,9,13-14,18H,4,7-8,10,12,15-16H2,1-3H3,(H,41,42)(H,45,47)(H,40,43,44)/t18-,34+/m1/s1. The maximum Gasteiger partial charge on any atom is 0.412 e. The van der Waals surface area contributed by atoms with Gasteiger partial charge in [-0.05, 0) is 57.9 Å². The number of hydrogen-bond acceptors (Lipinski definition) is 10. The molecule has 0 unspecified atom stereocenters. The monoisotopic (exact) mass is 724 g/mol. The van der Waals surface area contributed by atoms with Crippen molar-refractivity contribution >= 4 is 60.8 Å². The van der Waals surface area contributed by atoms with Crippen LogP contribution in [0.25, 0.3) is 32.1 Å². The largest absolute Gasteiger partial charge is 0.461 e. The molecule has 16 heteroatoms. The molecule has 7 rings (SSSR count). The molecule has 1 amide bonds. The molecule has 50 heavy (non-hydrogen) atoms. The Hall–Kier alpha value is -4.65. The summed E-state index contributed by atoms with van der Waals surface area (Å²) in [4.78, 5) is 23.7. The number of nitrogens with one attached hydrogen (secondary N) is 3. The molecule has 5 heterocycles. The van der Waals surface area contributed by atoms with E-state index in [1.807, 2.05) is 6.07 Å². The molecule has 0 bridgehead atoms. The molecule has 11 nitrogen and oxygen atoms in total. The summed E-state index contributed by atoms with van der Waals surface area (Å²) in [6.07, 6.45) is 3.52. The number of nitriles is 1. The Morgan fingerprint density at radius 1 is 1.30 bits per heavy atom. The van der Waals surface area contributed by atoms with E-state index >= 15 is 8.78 Å². The summed E-state index contributed by atoms with van der Waals surface area (Å²) in [6.45, 7) is 6.54. The van der Waals surface area contributed by atoms with Crippen LogP contribution in [0.1, 0.15) is 51.2 Å². The number of amides is 1. The zero-order chi connectivity index (χ0) is 35.4. The highest BCUT2D eigenvalue weighted by molar-refractivity contribution is 7.23. The molecule has 2 saturated heterocycles. The SMILES string of the molecule is CC(C)(C)OC(=O)Nc1sc2c(F)ccc(-c3c(Cl)cc4c(NCc5cn[nH]c5)nc(OC[C@@]56CCCN5C[C@H](F)C6)nc4c3F)c2c1C#N. The van der Waals surface area contributed by atoms with Crippen LogP contribution >= 0.6 is 22.9 Å². The number of carbonyl (C=O) groups excluding carboxylic acids is 1. The number of aromatic amines is 1. The first-order valence-corrected chi connectivity index (χ1v) is 17.1. The Kier molecular flexibility index (Phi) is 8.73. The molecule has 0 spiro atoms. The van der Waals surface area contributed by atoms with Gasteiger partial charge in [-0.3, -0.25) is 15.3 Å². The third-order valence-electron chi connectivity index (χ3n) is 8.89. The number of H-pyrrole nitrogens is 1. The first-order valence-electron chi connectivity index (χ1n) is 15.9. The number of rotatable bonds is 8. The minimum Gasteiger partial charge on any atom is -0.461 e. The summed E-state index contributed by atoms with van der Waals surface area (Å²) >= 11 is 7.62. The second-order valence-electron chi connectivity index (χ2n) is 13.5. The van der Waals surface area contributed by atoms with E-state index in [2.05, 4.69) is 35.7 Å². The van der Waals surface area contributed by atoms with Crippen LogP contribution in [0.4, 0.5) is 28.8 Å². The van der Waals surface area contributed by atoms with Crippen molar-refractivity contribution in [2.75, 3.05) is 30.3 Å². The number of alkyl halides is 1. The maximum absolute atomic E-state index is 17.0. The summed E-state index contributed by atoms with van der Waals surface area (Å²) in [5, 5.41) is 22.9. The number of nitrogens with zero attached hydrogens (tertiary/aromatic N) is 5.